The summed E-state index contributed by atoms with van der Waals surface area (Å²) in [4.78, 5) is 0. The standard InChI is InChI=1S/C12H17NO/c1-12(13-2)7-6-9-4-5-10(14-3)8-11(9)12/h4-5,8,13H,6-7H2,1-3H3. The Morgan fingerprint density at radius 3 is 2.86 bits per heavy atom. The summed E-state index contributed by atoms with van der Waals surface area (Å²) in [6.07, 6.45) is 2.34. The molecule has 2 rings (SSSR count). The van der Waals surface area contributed by atoms with Crippen LogP contribution < -0.4 is 10.1 Å². The second-order valence-corrected chi connectivity index (χ2v) is 4.11. The third-order valence-electron chi connectivity index (χ3n) is 3.36. The third kappa shape index (κ3) is 1.30. The second-order valence-electron chi connectivity index (χ2n) is 4.11. The van der Waals surface area contributed by atoms with Crippen LogP contribution >= 0.6 is 0 Å². The van der Waals surface area contributed by atoms with Gasteiger partial charge in [0.05, 0.1) is 7.11 Å². The molecule has 1 atom stereocenters. The minimum absolute atomic E-state index is 0.129. The van der Waals surface area contributed by atoms with Crippen molar-refractivity contribution in [2.24, 2.45) is 0 Å². The highest BCUT2D eigenvalue weighted by atomic mass is 16.5. The molecule has 0 saturated carbocycles. The van der Waals surface area contributed by atoms with Crippen LogP contribution in [-0.4, -0.2) is 14.2 Å². The molecule has 0 radical (unpaired) electrons. The van der Waals surface area contributed by atoms with Crippen molar-refractivity contribution in [2.45, 2.75) is 25.3 Å². The molecule has 0 heterocycles. The zero-order chi connectivity index (χ0) is 10.2. The lowest BCUT2D eigenvalue weighted by Gasteiger charge is -2.25. The second kappa shape index (κ2) is 3.28. The molecule has 1 aliphatic carbocycles. The van der Waals surface area contributed by atoms with Crippen LogP contribution in [0.4, 0.5) is 0 Å². The minimum Gasteiger partial charge on any atom is -0.497 e. The van der Waals surface area contributed by atoms with Crippen LogP contribution in [0.1, 0.15) is 24.5 Å². The zero-order valence-electron chi connectivity index (χ0n) is 9.05. The summed E-state index contributed by atoms with van der Waals surface area (Å²) < 4.78 is 5.25. The van der Waals surface area contributed by atoms with E-state index < -0.39 is 0 Å². The first kappa shape index (κ1) is 9.53. The van der Waals surface area contributed by atoms with Gasteiger partial charge in [-0.05, 0) is 50.1 Å². The maximum absolute atomic E-state index is 5.25. The number of fused-ring (bicyclic) bond motifs is 1. The van der Waals surface area contributed by atoms with E-state index in [4.69, 9.17) is 4.74 Å². The molecule has 2 heteroatoms. The lowest BCUT2D eigenvalue weighted by atomic mass is 9.94. The number of nitrogens with one attached hydrogen (secondary N) is 1. The van der Waals surface area contributed by atoms with Gasteiger partial charge in [0.15, 0.2) is 0 Å². The fourth-order valence-corrected chi connectivity index (χ4v) is 2.19. The van der Waals surface area contributed by atoms with Gasteiger partial charge in [0.25, 0.3) is 0 Å². The molecule has 1 N–H and O–H groups in total. The van der Waals surface area contributed by atoms with E-state index in [1.807, 2.05) is 13.1 Å². The van der Waals surface area contributed by atoms with E-state index in [2.05, 4.69) is 24.4 Å². The SMILES string of the molecule is CNC1(C)CCc2ccc(OC)cc21. The highest BCUT2D eigenvalue weighted by Gasteiger charge is 2.32. The molecule has 76 valence electrons. The van der Waals surface area contributed by atoms with E-state index in [0.29, 0.717) is 0 Å². The van der Waals surface area contributed by atoms with Gasteiger partial charge >= 0.3 is 0 Å². The Hall–Kier alpha value is -1.02. The van der Waals surface area contributed by atoms with Gasteiger partial charge in [-0.25, -0.2) is 0 Å². The Bertz CT molecular complexity index is 348. The smallest absolute Gasteiger partial charge is 0.119 e. The van der Waals surface area contributed by atoms with Gasteiger partial charge < -0.3 is 10.1 Å². The van der Waals surface area contributed by atoms with E-state index >= 15 is 0 Å². The quantitative estimate of drug-likeness (QED) is 0.772. The summed E-state index contributed by atoms with van der Waals surface area (Å²) in [5.74, 6) is 0.951. The zero-order valence-corrected chi connectivity index (χ0v) is 9.05. The van der Waals surface area contributed by atoms with Crippen LogP contribution in [0.5, 0.6) is 5.75 Å². The molecule has 14 heavy (non-hydrogen) atoms. The van der Waals surface area contributed by atoms with E-state index in [9.17, 15) is 0 Å². The number of hydrogen-bond donors (Lipinski definition) is 1. The van der Waals surface area contributed by atoms with Crippen molar-refractivity contribution < 1.29 is 4.74 Å². The minimum atomic E-state index is 0.129. The van der Waals surface area contributed by atoms with Gasteiger partial charge in [-0.3, -0.25) is 0 Å². The van der Waals surface area contributed by atoms with Crippen LogP contribution in [0.2, 0.25) is 0 Å². The van der Waals surface area contributed by atoms with Gasteiger partial charge in [0, 0.05) is 5.54 Å². The first-order valence-corrected chi connectivity index (χ1v) is 5.06. The molecule has 1 unspecified atom stereocenters. The lowest BCUT2D eigenvalue weighted by Crippen LogP contribution is -2.34. The van der Waals surface area contributed by atoms with Crippen LogP contribution in [0.25, 0.3) is 0 Å². The monoisotopic (exact) mass is 191 g/mol. The molecule has 1 aromatic rings. The fraction of sp³-hybridized carbons (Fsp3) is 0.500. The summed E-state index contributed by atoms with van der Waals surface area (Å²) in [7, 11) is 3.74. The Balaban J connectivity index is 2.47. The predicted molar refractivity (Wildman–Crippen MR) is 57.7 cm³/mol. The van der Waals surface area contributed by atoms with Crippen LogP contribution in [0, 0.1) is 0 Å². The molecule has 1 aliphatic rings. The van der Waals surface area contributed by atoms with Crippen LogP contribution in [0.15, 0.2) is 18.2 Å². The first-order valence-electron chi connectivity index (χ1n) is 5.06. The highest BCUT2D eigenvalue weighted by molar-refractivity contribution is 5.43. The summed E-state index contributed by atoms with van der Waals surface area (Å²) in [6, 6.07) is 6.37. The Morgan fingerprint density at radius 1 is 1.43 bits per heavy atom. The van der Waals surface area contributed by atoms with Crippen molar-refractivity contribution in [3.63, 3.8) is 0 Å². The fourth-order valence-electron chi connectivity index (χ4n) is 2.19. The highest BCUT2D eigenvalue weighted by Crippen LogP contribution is 2.37. The Labute approximate surface area is 85.3 Å². The molecular weight excluding hydrogens is 174 g/mol. The average molecular weight is 191 g/mol. The van der Waals surface area contributed by atoms with Crippen LogP contribution in [-0.2, 0) is 12.0 Å². The van der Waals surface area contributed by atoms with Crippen molar-refractivity contribution in [3.05, 3.63) is 29.3 Å². The third-order valence-corrected chi connectivity index (χ3v) is 3.36. The molecule has 2 nitrogen and oxygen atoms in total. The van der Waals surface area contributed by atoms with Gasteiger partial charge in [0.1, 0.15) is 5.75 Å². The Kier molecular flexibility index (Phi) is 2.23. The number of ether oxygens (including phenoxy) is 1. The van der Waals surface area contributed by atoms with Gasteiger partial charge in [-0.1, -0.05) is 6.07 Å². The summed E-state index contributed by atoms with van der Waals surface area (Å²) in [6.45, 7) is 2.25. The molecule has 0 saturated heterocycles. The van der Waals surface area contributed by atoms with Gasteiger partial charge in [-0.2, -0.15) is 0 Å². The molecule has 1 aromatic carbocycles. The molecule has 0 amide bonds. The number of aryl methyl sites for hydroxylation is 1. The number of hydrogen-bond acceptors (Lipinski definition) is 2. The molecule has 0 fully saturated rings. The van der Waals surface area contributed by atoms with E-state index in [1.54, 1.807) is 7.11 Å². The van der Waals surface area contributed by atoms with Crippen molar-refractivity contribution in [1.29, 1.82) is 0 Å². The van der Waals surface area contributed by atoms with Gasteiger partial charge in [-0.15, -0.1) is 0 Å². The topological polar surface area (TPSA) is 21.3 Å². The first-order chi connectivity index (χ1) is 6.69. The average Bonchev–Trinajstić information content (AvgIpc) is 2.57. The van der Waals surface area contributed by atoms with Crippen molar-refractivity contribution in [2.75, 3.05) is 14.2 Å². The molecule has 0 spiro atoms. The molecule has 0 aromatic heterocycles. The summed E-state index contributed by atoms with van der Waals surface area (Å²) in [5, 5.41) is 3.39. The lowest BCUT2D eigenvalue weighted by molar-refractivity contribution is 0.390. The molecular formula is C12H17NO. The van der Waals surface area contributed by atoms with Crippen molar-refractivity contribution in [3.8, 4) is 5.75 Å². The maximum atomic E-state index is 5.25. The summed E-state index contributed by atoms with van der Waals surface area (Å²) in [5.41, 5.74) is 2.96. The normalized spacial score (nSPS) is 24.8. The van der Waals surface area contributed by atoms with Gasteiger partial charge in [0.2, 0.25) is 0 Å². The number of methoxy groups -OCH3 is 1. The predicted octanol–water partition coefficient (Wildman–Crippen LogP) is 2.08. The van der Waals surface area contributed by atoms with Crippen molar-refractivity contribution >= 4 is 0 Å². The van der Waals surface area contributed by atoms with E-state index in [0.717, 1.165) is 12.2 Å². The number of benzene rings is 1. The summed E-state index contributed by atoms with van der Waals surface area (Å²) >= 11 is 0. The molecule has 0 aliphatic heterocycles. The van der Waals surface area contributed by atoms with E-state index in [-0.39, 0.29) is 5.54 Å². The van der Waals surface area contributed by atoms with E-state index in [1.165, 1.54) is 17.5 Å². The molecule has 0 bridgehead atoms. The maximum Gasteiger partial charge on any atom is 0.119 e. The van der Waals surface area contributed by atoms with Crippen molar-refractivity contribution in [1.82, 2.24) is 5.32 Å². The van der Waals surface area contributed by atoms with Crippen LogP contribution in [0.3, 0.4) is 0 Å². The number of rotatable bonds is 2. The largest absolute Gasteiger partial charge is 0.497 e. The Morgan fingerprint density at radius 2 is 2.21 bits per heavy atom.